The Kier molecular flexibility index (Phi) is 5.65. The Morgan fingerprint density at radius 2 is 1.91 bits per heavy atom. The van der Waals surface area contributed by atoms with Crippen molar-refractivity contribution in [1.82, 2.24) is 9.80 Å². The van der Waals surface area contributed by atoms with E-state index in [1.54, 1.807) is 7.11 Å². The van der Waals surface area contributed by atoms with Gasteiger partial charge in [0.2, 0.25) is 5.91 Å². The number of carbonyl (C=O) groups is 1. The van der Waals surface area contributed by atoms with E-state index in [1.807, 2.05) is 49.9 Å². The molecule has 1 aliphatic heterocycles. The van der Waals surface area contributed by atoms with Gasteiger partial charge in [0.15, 0.2) is 0 Å². The molecule has 1 fully saturated rings. The van der Waals surface area contributed by atoms with Gasteiger partial charge < -0.3 is 14.7 Å². The lowest BCUT2D eigenvalue weighted by molar-refractivity contribution is -0.141. The summed E-state index contributed by atoms with van der Waals surface area (Å²) >= 11 is 0. The predicted octanol–water partition coefficient (Wildman–Crippen LogP) is 1.92. The summed E-state index contributed by atoms with van der Waals surface area (Å²) in [6.07, 6.45) is -0.546. The van der Waals surface area contributed by atoms with Crippen molar-refractivity contribution in [2.75, 3.05) is 39.8 Å². The van der Waals surface area contributed by atoms with E-state index in [4.69, 9.17) is 4.74 Å². The molecule has 1 atom stereocenters. The minimum Gasteiger partial charge on any atom is -0.497 e. The highest BCUT2D eigenvalue weighted by Crippen LogP contribution is 2.22. The molecule has 1 amide bonds. The number of amides is 1. The summed E-state index contributed by atoms with van der Waals surface area (Å²) in [5.41, 5.74) is 0.528. The van der Waals surface area contributed by atoms with Crippen molar-refractivity contribution in [3.8, 4) is 5.75 Å². The molecule has 1 unspecified atom stereocenters. The zero-order valence-corrected chi connectivity index (χ0v) is 14.6. The summed E-state index contributed by atoms with van der Waals surface area (Å²) in [7, 11) is 1.62. The number of carbonyl (C=O) groups excluding carboxylic acids is 1. The Bertz CT molecular complexity index is 531. The summed E-state index contributed by atoms with van der Waals surface area (Å²) in [6, 6.07) is 7.53. The fourth-order valence-corrected chi connectivity index (χ4v) is 2.81. The number of β-amino-alcohol motifs (C(OH)–C–C–N with tert-alkyl or cyclic N) is 1. The van der Waals surface area contributed by atoms with Gasteiger partial charge in [-0.3, -0.25) is 9.69 Å². The number of aliphatic hydroxyl groups is 1. The number of hydrogen-bond acceptors (Lipinski definition) is 4. The third-order valence-corrected chi connectivity index (χ3v) is 4.21. The van der Waals surface area contributed by atoms with Crippen molar-refractivity contribution in [3.05, 3.63) is 29.8 Å². The zero-order chi connectivity index (χ0) is 17.0. The van der Waals surface area contributed by atoms with Crippen LogP contribution in [0.2, 0.25) is 0 Å². The molecule has 23 heavy (non-hydrogen) atoms. The van der Waals surface area contributed by atoms with Crippen LogP contribution in [0.15, 0.2) is 24.3 Å². The molecule has 0 radical (unpaired) electrons. The van der Waals surface area contributed by atoms with E-state index in [0.29, 0.717) is 6.54 Å². The van der Waals surface area contributed by atoms with E-state index < -0.39 is 6.10 Å². The van der Waals surface area contributed by atoms with Gasteiger partial charge in [-0.25, -0.2) is 0 Å². The fraction of sp³-hybridized carbons (Fsp3) is 0.611. The Hall–Kier alpha value is -1.59. The normalized spacial score (nSPS) is 17.9. The van der Waals surface area contributed by atoms with Crippen LogP contribution >= 0.6 is 0 Å². The van der Waals surface area contributed by atoms with Crippen LogP contribution in [-0.2, 0) is 4.79 Å². The van der Waals surface area contributed by atoms with Gasteiger partial charge in [0.05, 0.1) is 13.2 Å². The summed E-state index contributed by atoms with van der Waals surface area (Å²) in [4.78, 5) is 16.4. The molecular weight excluding hydrogens is 292 g/mol. The summed E-state index contributed by atoms with van der Waals surface area (Å²) in [6.45, 7) is 9.47. The molecule has 1 N–H and O–H groups in total. The lowest BCUT2D eigenvalue weighted by Gasteiger charge is -2.38. The number of nitrogens with zero attached hydrogens (tertiary/aromatic N) is 2. The molecule has 2 rings (SSSR count). The second-order valence-electron chi connectivity index (χ2n) is 7.14. The number of aliphatic hydroxyl groups excluding tert-OH is 1. The van der Waals surface area contributed by atoms with Gasteiger partial charge in [-0.1, -0.05) is 32.9 Å². The van der Waals surface area contributed by atoms with E-state index in [0.717, 1.165) is 37.5 Å². The van der Waals surface area contributed by atoms with Gasteiger partial charge in [-0.05, 0) is 17.7 Å². The maximum atomic E-state index is 12.3. The van der Waals surface area contributed by atoms with Gasteiger partial charge in [-0.2, -0.15) is 0 Å². The van der Waals surface area contributed by atoms with Gasteiger partial charge in [-0.15, -0.1) is 0 Å². The smallest absolute Gasteiger partial charge is 0.228 e. The molecule has 5 heteroatoms. The topological polar surface area (TPSA) is 53.0 Å². The first kappa shape index (κ1) is 17.8. The second kappa shape index (κ2) is 7.32. The molecule has 0 bridgehead atoms. The Balaban J connectivity index is 1.87. The van der Waals surface area contributed by atoms with Gasteiger partial charge in [0.25, 0.3) is 0 Å². The second-order valence-corrected chi connectivity index (χ2v) is 7.14. The first-order valence-electron chi connectivity index (χ1n) is 8.15. The van der Waals surface area contributed by atoms with Crippen LogP contribution in [0.3, 0.4) is 0 Å². The number of benzene rings is 1. The van der Waals surface area contributed by atoms with Crippen molar-refractivity contribution >= 4 is 5.91 Å². The van der Waals surface area contributed by atoms with E-state index in [9.17, 15) is 9.90 Å². The molecular formula is C18H28N2O3. The lowest BCUT2D eigenvalue weighted by Crippen LogP contribution is -2.52. The first-order chi connectivity index (χ1) is 10.8. The zero-order valence-electron chi connectivity index (χ0n) is 14.6. The van der Waals surface area contributed by atoms with Crippen LogP contribution in [0.1, 0.15) is 32.4 Å². The SMILES string of the molecule is COc1cccc(C(O)CN2CCN(C(=O)C(C)(C)C)CC2)c1. The average Bonchev–Trinajstić information content (AvgIpc) is 2.54. The minimum atomic E-state index is -0.546. The first-order valence-corrected chi connectivity index (χ1v) is 8.15. The lowest BCUT2D eigenvalue weighted by atomic mass is 9.94. The van der Waals surface area contributed by atoms with E-state index in [1.165, 1.54) is 0 Å². The largest absolute Gasteiger partial charge is 0.497 e. The molecule has 1 aromatic rings. The highest BCUT2D eigenvalue weighted by atomic mass is 16.5. The van der Waals surface area contributed by atoms with Crippen LogP contribution in [0, 0.1) is 5.41 Å². The molecule has 0 aliphatic carbocycles. The summed E-state index contributed by atoms with van der Waals surface area (Å²) in [5.74, 6) is 0.952. The summed E-state index contributed by atoms with van der Waals surface area (Å²) < 4.78 is 5.20. The fourth-order valence-electron chi connectivity index (χ4n) is 2.81. The molecule has 0 saturated carbocycles. The summed E-state index contributed by atoms with van der Waals surface area (Å²) in [5, 5.41) is 10.4. The maximum Gasteiger partial charge on any atom is 0.228 e. The Morgan fingerprint density at radius 1 is 1.26 bits per heavy atom. The van der Waals surface area contributed by atoms with Crippen molar-refractivity contribution in [3.63, 3.8) is 0 Å². The van der Waals surface area contributed by atoms with Crippen LogP contribution in [-0.4, -0.2) is 60.6 Å². The van der Waals surface area contributed by atoms with Crippen LogP contribution < -0.4 is 4.74 Å². The van der Waals surface area contributed by atoms with Crippen LogP contribution in [0.4, 0.5) is 0 Å². The molecule has 1 heterocycles. The molecule has 128 valence electrons. The van der Waals surface area contributed by atoms with Gasteiger partial charge >= 0.3 is 0 Å². The van der Waals surface area contributed by atoms with Gasteiger partial charge in [0.1, 0.15) is 5.75 Å². The standard InChI is InChI=1S/C18H28N2O3/c1-18(2,3)17(22)20-10-8-19(9-11-20)13-16(21)14-6-5-7-15(12-14)23-4/h5-7,12,16,21H,8-11,13H2,1-4H3. The van der Waals surface area contributed by atoms with E-state index >= 15 is 0 Å². The number of hydrogen-bond donors (Lipinski definition) is 1. The number of rotatable bonds is 4. The molecule has 1 aromatic carbocycles. The third kappa shape index (κ3) is 4.69. The number of methoxy groups -OCH3 is 1. The Morgan fingerprint density at radius 3 is 2.48 bits per heavy atom. The predicted molar refractivity (Wildman–Crippen MR) is 90.4 cm³/mol. The monoisotopic (exact) mass is 320 g/mol. The van der Waals surface area contributed by atoms with Crippen molar-refractivity contribution in [1.29, 1.82) is 0 Å². The van der Waals surface area contributed by atoms with E-state index in [2.05, 4.69) is 4.90 Å². The molecule has 5 nitrogen and oxygen atoms in total. The molecule has 1 aliphatic rings. The van der Waals surface area contributed by atoms with Crippen molar-refractivity contribution < 1.29 is 14.6 Å². The highest BCUT2D eigenvalue weighted by molar-refractivity contribution is 5.81. The van der Waals surface area contributed by atoms with Crippen molar-refractivity contribution in [2.45, 2.75) is 26.9 Å². The third-order valence-electron chi connectivity index (χ3n) is 4.21. The van der Waals surface area contributed by atoms with Crippen molar-refractivity contribution in [2.24, 2.45) is 5.41 Å². The van der Waals surface area contributed by atoms with Crippen LogP contribution in [0.25, 0.3) is 0 Å². The number of ether oxygens (including phenoxy) is 1. The maximum absolute atomic E-state index is 12.3. The average molecular weight is 320 g/mol. The molecule has 0 aromatic heterocycles. The van der Waals surface area contributed by atoms with Gasteiger partial charge in [0, 0.05) is 38.1 Å². The highest BCUT2D eigenvalue weighted by Gasteiger charge is 2.30. The quantitative estimate of drug-likeness (QED) is 0.921. The molecule has 1 saturated heterocycles. The van der Waals surface area contributed by atoms with E-state index in [-0.39, 0.29) is 11.3 Å². The minimum absolute atomic E-state index is 0.200. The molecule has 0 spiro atoms. The number of piperazine rings is 1. The van der Waals surface area contributed by atoms with Crippen LogP contribution in [0.5, 0.6) is 5.75 Å². The Labute approximate surface area is 138 Å².